The van der Waals surface area contributed by atoms with Crippen LogP contribution < -0.4 is 4.90 Å². The van der Waals surface area contributed by atoms with Crippen molar-refractivity contribution in [1.29, 1.82) is 0 Å². The van der Waals surface area contributed by atoms with Gasteiger partial charge in [0.1, 0.15) is 5.82 Å². The third-order valence-electron chi connectivity index (χ3n) is 3.39. The molecule has 3 rings (SSSR count). The number of hydrogen-bond acceptors (Lipinski definition) is 5. The molecule has 0 spiro atoms. The van der Waals surface area contributed by atoms with Crippen LogP contribution in [-0.4, -0.2) is 45.8 Å². The summed E-state index contributed by atoms with van der Waals surface area (Å²) in [5.74, 6) is 1.56. The lowest BCUT2D eigenvalue weighted by atomic mass is 10.4. The van der Waals surface area contributed by atoms with Crippen molar-refractivity contribution < 1.29 is 4.74 Å². The third-order valence-corrected chi connectivity index (χ3v) is 3.56. The van der Waals surface area contributed by atoms with E-state index in [0.29, 0.717) is 13.2 Å². The van der Waals surface area contributed by atoms with E-state index in [1.165, 1.54) is 0 Å². The second-order valence-electron chi connectivity index (χ2n) is 4.51. The molecule has 1 aliphatic heterocycles. The van der Waals surface area contributed by atoms with Crippen molar-refractivity contribution in [2.24, 2.45) is 0 Å². The van der Waals surface area contributed by atoms with Crippen molar-refractivity contribution in [2.75, 3.05) is 31.2 Å². The molecule has 106 valence electrons. The maximum Gasteiger partial charge on any atom is 0.226 e. The first-order valence-electron chi connectivity index (χ1n) is 6.63. The molecule has 1 aliphatic rings. The predicted octanol–water partition coefficient (Wildman–Crippen LogP) is 1.98. The van der Waals surface area contributed by atoms with Gasteiger partial charge in [0.15, 0.2) is 17.0 Å². The largest absolute Gasteiger partial charge is 0.378 e. The van der Waals surface area contributed by atoms with Crippen LogP contribution in [0.5, 0.6) is 0 Å². The summed E-state index contributed by atoms with van der Waals surface area (Å²) < 4.78 is 7.36. The molecule has 1 saturated heterocycles. The number of nitrogens with zero attached hydrogens (tertiary/aromatic N) is 5. The van der Waals surface area contributed by atoms with Crippen LogP contribution in [0.3, 0.4) is 0 Å². The highest BCUT2D eigenvalue weighted by molar-refractivity contribution is 6.28. The van der Waals surface area contributed by atoms with E-state index in [1.807, 2.05) is 11.5 Å². The Labute approximate surface area is 122 Å². The van der Waals surface area contributed by atoms with Gasteiger partial charge in [-0.3, -0.25) is 0 Å². The average molecular weight is 294 g/mol. The van der Waals surface area contributed by atoms with Gasteiger partial charge in [0.2, 0.25) is 5.28 Å². The number of aryl methyl sites for hydroxylation is 1. The molecule has 0 unspecified atom stereocenters. The molecule has 1 fully saturated rings. The molecule has 2 aromatic rings. The Bertz CT molecular complexity index is 648. The number of hydrogen-bond donors (Lipinski definition) is 0. The minimum absolute atomic E-state index is 0.240. The SMILES string of the molecule is C=Cc1nc2c(N3CCOCC3)nc(Cl)nc2n1CC. The zero-order valence-electron chi connectivity index (χ0n) is 11.3. The number of rotatable bonds is 3. The Morgan fingerprint density at radius 1 is 1.30 bits per heavy atom. The number of halogens is 1. The molecule has 0 radical (unpaired) electrons. The van der Waals surface area contributed by atoms with Crippen LogP contribution in [0.2, 0.25) is 5.28 Å². The lowest BCUT2D eigenvalue weighted by Crippen LogP contribution is -2.37. The monoisotopic (exact) mass is 293 g/mol. The standard InChI is InChI=1S/C13H16ClN5O/c1-3-9-15-10-11(18-5-7-20-8-6-18)16-13(14)17-12(10)19(9)4-2/h3H,1,4-8H2,2H3. The number of fused-ring (bicyclic) bond motifs is 1. The average Bonchev–Trinajstić information content (AvgIpc) is 2.84. The van der Waals surface area contributed by atoms with E-state index >= 15 is 0 Å². The number of morpholine rings is 1. The number of ether oxygens (including phenoxy) is 1. The fourth-order valence-electron chi connectivity index (χ4n) is 2.44. The number of aromatic nitrogens is 4. The predicted molar refractivity (Wildman–Crippen MR) is 79.1 cm³/mol. The van der Waals surface area contributed by atoms with Gasteiger partial charge in [0, 0.05) is 19.6 Å². The number of imidazole rings is 1. The minimum atomic E-state index is 0.240. The van der Waals surface area contributed by atoms with Crippen molar-refractivity contribution in [2.45, 2.75) is 13.5 Å². The van der Waals surface area contributed by atoms with Gasteiger partial charge in [-0.2, -0.15) is 9.97 Å². The maximum absolute atomic E-state index is 6.08. The topological polar surface area (TPSA) is 56.1 Å². The van der Waals surface area contributed by atoms with Crippen molar-refractivity contribution >= 4 is 34.7 Å². The molecule has 0 bridgehead atoms. The molecule has 2 aromatic heterocycles. The van der Waals surface area contributed by atoms with Crippen molar-refractivity contribution in [3.05, 3.63) is 17.7 Å². The molecule has 20 heavy (non-hydrogen) atoms. The Kier molecular flexibility index (Phi) is 3.58. The van der Waals surface area contributed by atoms with Gasteiger partial charge in [-0.1, -0.05) is 6.58 Å². The van der Waals surface area contributed by atoms with E-state index in [9.17, 15) is 0 Å². The maximum atomic E-state index is 6.08. The summed E-state index contributed by atoms with van der Waals surface area (Å²) in [6, 6.07) is 0. The minimum Gasteiger partial charge on any atom is -0.378 e. The van der Waals surface area contributed by atoms with Crippen LogP contribution in [-0.2, 0) is 11.3 Å². The van der Waals surface area contributed by atoms with Gasteiger partial charge < -0.3 is 14.2 Å². The molecule has 0 aliphatic carbocycles. The number of anilines is 1. The van der Waals surface area contributed by atoms with Crippen molar-refractivity contribution in [1.82, 2.24) is 19.5 Å². The summed E-state index contributed by atoms with van der Waals surface area (Å²) >= 11 is 6.08. The summed E-state index contributed by atoms with van der Waals surface area (Å²) in [4.78, 5) is 15.4. The quantitative estimate of drug-likeness (QED) is 0.810. The third kappa shape index (κ3) is 2.14. The summed E-state index contributed by atoms with van der Waals surface area (Å²) in [7, 11) is 0. The molecule has 3 heterocycles. The zero-order chi connectivity index (χ0) is 14.1. The molecule has 0 saturated carbocycles. The van der Waals surface area contributed by atoms with Gasteiger partial charge in [-0.05, 0) is 24.6 Å². The molecule has 0 amide bonds. The summed E-state index contributed by atoms with van der Waals surface area (Å²) in [5.41, 5.74) is 1.52. The van der Waals surface area contributed by atoms with E-state index in [4.69, 9.17) is 16.3 Å². The van der Waals surface area contributed by atoms with E-state index < -0.39 is 0 Å². The van der Waals surface area contributed by atoms with E-state index in [0.717, 1.165) is 42.4 Å². The Morgan fingerprint density at radius 2 is 2.05 bits per heavy atom. The Hall–Kier alpha value is -1.66. The smallest absolute Gasteiger partial charge is 0.226 e. The molecule has 0 N–H and O–H groups in total. The molecule has 7 heteroatoms. The first-order chi connectivity index (χ1) is 9.74. The first-order valence-corrected chi connectivity index (χ1v) is 7.01. The van der Waals surface area contributed by atoms with Gasteiger partial charge >= 0.3 is 0 Å². The van der Waals surface area contributed by atoms with Crippen molar-refractivity contribution in [3.8, 4) is 0 Å². The van der Waals surface area contributed by atoms with E-state index in [-0.39, 0.29) is 5.28 Å². The second kappa shape index (κ2) is 5.38. The van der Waals surface area contributed by atoms with Crippen LogP contribution >= 0.6 is 11.6 Å². The molecular weight excluding hydrogens is 278 g/mol. The van der Waals surface area contributed by atoms with Gasteiger partial charge in [-0.25, -0.2) is 4.98 Å². The summed E-state index contributed by atoms with van der Waals surface area (Å²) in [6.45, 7) is 9.54. The van der Waals surface area contributed by atoms with Crippen molar-refractivity contribution in [3.63, 3.8) is 0 Å². The molecule has 6 nitrogen and oxygen atoms in total. The normalized spacial score (nSPS) is 15.8. The summed E-state index contributed by atoms with van der Waals surface area (Å²) in [5, 5.41) is 0.240. The van der Waals surface area contributed by atoms with Crippen LogP contribution in [0.25, 0.3) is 17.2 Å². The van der Waals surface area contributed by atoms with Gasteiger partial charge in [0.05, 0.1) is 13.2 Å². The highest BCUT2D eigenvalue weighted by Crippen LogP contribution is 2.26. The van der Waals surface area contributed by atoms with Crippen LogP contribution in [0.15, 0.2) is 6.58 Å². The molecular formula is C13H16ClN5O. The van der Waals surface area contributed by atoms with Crippen LogP contribution in [0, 0.1) is 0 Å². The molecule has 0 atom stereocenters. The highest BCUT2D eigenvalue weighted by Gasteiger charge is 2.21. The summed E-state index contributed by atoms with van der Waals surface area (Å²) in [6.07, 6.45) is 1.72. The first kappa shape index (κ1) is 13.3. The molecule has 0 aromatic carbocycles. The van der Waals surface area contributed by atoms with Gasteiger partial charge in [0.25, 0.3) is 0 Å². The van der Waals surface area contributed by atoms with Crippen LogP contribution in [0.1, 0.15) is 12.7 Å². The lowest BCUT2D eigenvalue weighted by molar-refractivity contribution is 0.122. The second-order valence-corrected chi connectivity index (χ2v) is 4.84. The van der Waals surface area contributed by atoms with E-state index in [2.05, 4.69) is 26.4 Å². The van der Waals surface area contributed by atoms with Crippen LogP contribution in [0.4, 0.5) is 5.82 Å². The van der Waals surface area contributed by atoms with Gasteiger partial charge in [-0.15, -0.1) is 0 Å². The Balaban J connectivity index is 2.20. The van der Waals surface area contributed by atoms with E-state index in [1.54, 1.807) is 6.08 Å². The fourth-order valence-corrected chi connectivity index (χ4v) is 2.60. The lowest BCUT2D eigenvalue weighted by Gasteiger charge is -2.27. The fraction of sp³-hybridized carbons (Fsp3) is 0.462. The Morgan fingerprint density at radius 3 is 2.70 bits per heavy atom. The zero-order valence-corrected chi connectivity index (χ0v) is 12.1. The highest BCUT2D eigenvalue weighted by atomic mass is 35.5.